The van der Waals surface area contributed by atoms with Crippen LogP contribution in [0.25, 0.3) is 22.3 Å². The zero-order valence-corrected chi connectivity index (χ0v) is 17.7. The van der Waals surface area contributed by atoms with Crippen LogP contribution in [-0.4, -0.2) is 5.14 Å². The van der Waals surface area contributed by atoms with Gasteiger partial charge in [-0.05, 0) is 48.5 Å². The Balaban J connectivity index is 1.72. The lowest BCUT2D eigenvalue weighted by atomic mass is 10.0. The second kappa shape index (κ2) is 7.74. The zero-order valence-electron chi connectivity index (χ0n) is 17.7. The molecule has 2 aliphatic heterocycles. The van der Waals surface area contributed by atoms with Crippen molar-refractivity contribution < 1.29 is 59.6 Å². The number of benzene rings is 4. The Morgan fingerprint density at radius 1 is 0.324 bits per heavy atom. The standard InChI is InChI=1S/C24H8F8NO4/c25-9-1-5-13(29)21-17(9)18-10(26)2-6-14(30)22(18)35-33(34-21)36-23-15(31)7-3-11(27)19(23)20-12(28)4-8-16(32)24(20)37-33/h1-8H/q+1. The SMILES string of the molecule is Fc1ccc(F)c2c1O[N+]1(Oc3c(F)ccc(F)c3-2)Oc2c(F)ccc(F)c2-c2c(F)ccc(F)c2O1. The predicted octanol–water partition coefficient (Wildman–Crippen LogP) is 6.85. The van der Waals surface area contributed by atoms with E-state index in [1.54, 1.807) is 0 Å². The molecule has 0 saturated heterocycles. The highest BCUT2D eigenvalue weighted by molar-refractivity contribution is 5.79. The molecule has 13 heteroatoms. The minimum absolute atomic E-state index is 0.535. The quantitative estimate of drug-likeness (QED) is 0.186. The molecule has 2 heterocycles. The molecule has 188 valence electrons. The number of rotatable bonds is 0. The summed E-state index contributed by atoms with van der Waals surface area (Å²) in [6, 6.07) is 4.42. The first-order chi connectivity index (χ1) is 17.6. The molecular weight excluding hydrogens is 518 g/mol. The van der Waals surface area contributed by atoms with Crippen LogP contribution < -0.4 is 19.4 Å². The van der Waals surface area contributed by atoms with Gasteiger partial charge in [-0.15, -0.1) is 0 Å². The van der Waals surface area contributed by atoms with E-state index >= 15 is 0 Å². The van der Waals surface area contributed by atoms with E-state index in [0.29, 0.717) is 48.5 Å². The molecule has 4 aromatic rings. The number of hydrogen-bond acceptors (Lipinski definition) is 4. The number of quaternary nitrogens is 1. The first-order valence-corrected chi connectivity index (χ1v) is 10.2. The highest BCUT2D eigenvalue weighted by Gasteiger charge is 2.55. The minimum atomic E-state index is -2.58. The zero-order chi connectivity index (χ0) is 26.2. The van der Waals surface area contributed by atoms with Crippen molar-refractivity contribution in [3.8, 4) is 45.3 Å². The van der Waals surface area contributed by atoms with Gasteiger partial charge in [0.15, 0.2) is 23.3 Å². The van der Waals surface area contributed by atoms with Gasteiger partial charge in [-0.2, -0.15) is 19.4 Å². The van der Waals surface area contributed by atoms with Gasteiger partial charge in [0.05, 0.1) is 22.3 Å². The van der Waals surface area contributed by atoms with Gasteiger partial charge in [0, 0.05) is 0 Å². The molecular formula is C24H8F8NO4+. The summed E-state index contributed by atoms with van der Waals surface area (Å²) in [6.07, 6.45) is 0. The molecule has 1 spiro atoms. The van der Waals surface area contributed by atoms with Crippen LogP contribution in [-0.2, 0) is 0 Å². The first kappa shape index (κ1) is 22.9. The van der Waals surface area contributed by atoms with E-state index in [9.17, 15) is 35.1 Å². The van der Waals surface area contributed by atoms with Crippen LogP contribution in [0.1, 0.15) is 0 Å². The van der Waals surface area contributed by atoms with Crippen LogP contribution in [0.2, 0.25) is 0 Å². The summed E-state index contributed by atoms with van der Waals surface area (Å²) in [6.45, 7) is 0. The van der Waals surface area contributed by atoms with E-state index in [1.165, 1.54) is 0 Å². The molecule has 0 aliphatic carbocycles. The van der Waals surface area contributed by atoms with Crippen LogP contribution in [0.4, 0.5) is 35.1 Å². The third kappa shape index (κ3) is 3.27. The summed E-state index contributed by atoms with van der Waals surface area (Å²) < 4.78 is 119. The molecule has 37 heavy (non-hydrogen) atoms. The number of fused-ring (bicyclic) bond motifs is 6. The smallest absolute Gasteiger partial charge is 0.206 e. The van der Waals surface area contributed by atoms with Crippen molar-refractivity contribution in [3.05, 3.63) is 95.1 Å². The molecule has 0 aromatic heterocycles. The molecule has 5 nitrogen and oxygen atoms in total. The summed E-state index contributed by atoms with van der Waals surface area (Å²) in [5.74, 6) is -15.7. The van der Waals surface area contributed by atoms with E-state index in [0.717, 1.165) is 0 Å². The molecule has 2 aliphatic rings. The van der Waals surface area contributed by atoms with Gasteiger partial charge in [-0.25, -0.2) is 35.1 Å². The lowest BCUT2D eigenvalue weighted by molar-refractivity contribution is -1.41. The Labute approximate surface area is 200 Å². The van der Waals surface area contributed by atoms with Gasteiger partial charge in [0.1, 0.15) is 23.3 Å². The van der Waals surface area contributed by atoms with E-state index < -0.39 is 96.9 Å². The summed E-state index contributed by atoms with van der Waals surface area (Å²) in [7, 11) is 0. The molecule has 4 aromatic carbocycles. The maximum atomic E-state index is 14.9. The molecule has 6 rings (SSSR count). The van der Waals surface area contributed by atoms with Crippen molar-refractivity contribution in [2.75, 3.05) is 0 Å². The summed E-state index contributed by atoms with van der Waals surface area (Å²) in [4.78, 5) is 20.9. The van der Waals surface area contributed by atoms with Crippen molar-refractivity contribution in [2.24, 2.45) is 0 Å². The van der Waals surface area contributed by atoms with Gasteiger partial charge < -0.3 is 0 Å². The molecule has 0 atom stereocenters. The fraction of sp³-hybridized carbons (Fsp3) is 0. The Hall–Kier alpha value is -4.52. The van der Waals surface area contributed by atoms with Crippen LogP contribution >= 0.6 is 0 Å². The van der Waals surface area contributed by atoms with Crippen molar-refractivity contribution in [3.63, 3.8) is 0 Å². The van der Waals surface area contributed by atoms with Gasteiger partial charge in [-0.3, -0.25) is 0 Å². The predicted molar refractivity (Wildman–Crippen MR) is 106 cm³/mol. The van der Waals surface area contributed by atoms with Gasteiger partial charge in [-0.1, -0.05) is 0 Å². The Kier molecular flexibility index (Phi) is 4.79. The maximum Gasteiger partial charge on any atom is 0.429 e. The molecule has 0 fully saturated rings. The van der Waals surface area contributed by atoms with Crippen LogP contribution in [0.15, 0.2) is 48.5 Å². The topological polar surface area (TPSA) is 36.9 Å². The van der Waals surface area contributed by atoms with Crippen molar-refractivity contribution in [1.82, 2.24) is 0 Å². The summed E-state index contributed by atoms with van der Waals surface area (Å²) in [5, 5.41) is -2.58. The van der Waals surface area contributed by atoms with Crippen LogP contribution in [0, 0.1) is 46.5 Å². The Morgan fingerprint density at radius 2 is 0.514 bits per heavy atom. The van der Waals surface area contributed by atoms with Crippen molar-refractivity contribution >= 4 is 0 Å². The fourth-order valence-electron chi connectivity index (χ4n) is 3.98. The second-order valence-electron chi connectivity index (χ2n) is 7.75. The summed E-state index contributed by atoms with van der Waals surface area (Å²) >= 11 is 0. The highest BCUT2D eigenvalue weighted by Crippen LogP contribution is 2.51. The van der Waals surface area contributed by atoms with Gasteiger partial charge >= 0.3 is 5.14 Å². The third-order valence-corrected chi connectivity index (χ3v) is 5.55. The molecule has 0 bridgehead atoms. The van der Waals surface area contributed by atoms with E-state index in [-0.39, 0.29) is 0 Å². The van der Waals surface area contributed by atoms with E-state index in [1.807, 2.05) is 0 Å². The molecule has 0 N–H and O–H groups in total. The van der Waals surface area contributed by atoms with Crippen LogP contribution in [0.5, 0.6) is 23.0 Å². The number of halogens is 8. The summed E-state index contributed by atoms with van der Waals surface area (Å²) in [5.41, 5.74) is -4.01. The molecule has 0 saturated carbocycles. The van der Waals surface area contributed by atoms with Crippen LogP contribution in [0.3, 0.4) is 0 Å². The van der Waals surface area contributed by atoms with Gasteiger partial charge in [0.25, 0.3) is 23.0 Å². The second-order valence-corrected chi connectivity index (χ2v) is 7.75. The average Bonchev–Trinajstić information content (AvgIpc) is 3.11. The Morgan fingerprint density at radius 3 is 0.730 bits per heavy atom. The van der Waals surface area contributed by atoms with E-state index in [2.05, 4.69) is 0 Å². The largest absolute Gasteiger partial charge is 0.429 e. The third-order valence-electron chi connectivity index (χ3n) is 5.55. The Bertz CT molecular complexity index is 1400. The monoisotopic (exact) mass is 526 g/mol. The van der Waals surface area contributed by atoms with Gasteiger partial charge in [0.2, 0.25) is 0 Å². The molecule has 0 unspecified atom stereocenters. The number of nitrogens with zero attached hydrogens (tertiary/aromatic N) is 1. The highest BCUT2D eigenvalue weighted by atomic mass is 19.2. The number of hydrogen-bond donors (Lipinski definition) is 0. The van der Waals surface area contributed by atoms with E-state index in [4.69, 9.17) is 19.4 Å². The molecule has 0 amide bonds. The maximum absolute atomic E-state index is 14.9. The minimum Gasteiger partial charge on any atom is -0.206 e. The fourth-order valence-corrected chi connectivity index (χ4v) is 3.98. The first-order valence-electron chi connectivity index (χ1n) is 10.2. The molecule has 0 radical (unpaired) electrons. The lowest BCUT2D eigenvalue weighted by Crippen LogP contribution is -2.58. The lowest BCUT2D eigenvalue weighted by Gasteiger charge is -2.23. The normalized spacial score (nSPS) is 14.5. The average molecular weight is 526 g/mol. The van der Waals surface area contributed by atoms with Crippen molar-refractivity contribution in [2.45, 2.75) is 0 Å². The van der Waals surface area contributed by atoms with Crippen molar-refractivity contribution in [1.29, 1.82) is 0 Å².